The van der Waals surface area contributed by atoms with Crippen molar-refractivity contribution in [2.45, 2.75) is 32.9 Å². The summed E-state index contributed by atoms with van der Waals surface area (Å²) in [5.41, 5.74) is 6.93. The van der Waals surface area contributed by atoms with Gasteiger partial charge in [0.25, 0.3) is 0 Å². The van der Waals surface area contributed by atoms with Gasteiger partial charge in [0.2, 0.25) is 0 Å². The summed E-state index contributed by atoms with van der Waals surface area (Å²) in [7, 11) is 0. The Labute approximate surface area is 79.7 Å². The monoisotopic (exact) mass is 179 g/mol. The number of ether oxygens (including phenoxy) is 1. The highest BCUT2D eigenvalue weighted by atomic mass is 16.5. The Hall–Kier alpha value is -1.02. The van der Waals surface area contributed by atoms with Gasteiger partial charge in [-0.2, -0.15) is 0 Å². The first-order valence-electron chi connectivity index (χ1n) is 4.58. The SMILES string of the molecule is Cc1ccc(OC(C)[C@H](C)N)cc1. The molecule has 13 heavy (non-hydrogen) atoms. The maximum absolute atomic E-state index is 5.69. The minimum absolute atomic E-state index is 0.0568. The van der Waals surface area contributed by atoms with Gasteiger partial charge in [0, 0.05) is 6.04 Å². The van der Waals surface area contributed by atoms with E-state index in [9.17, 15) is 0 Å². The molecule has 2 N–H and O–H groups in total. The van der Waals surface area contributed by atoms with Crippen LogP contribution in [0.4, 0.5) is 0 Å². The van der Waals surface area contributed by atoms with Crippen molar-refractivity contribution in [1.29, 1.82) is 0 Å². The van der Waals surface area contributed by atoms with Crippen molar-refractivity contribution in [1.82, 2.24) is 0 Å². The molecule has 0 aliphatic heterocycles. The molecule has 0 fully saturated rings. The highest BCUT2D eigenvalue weighted by Gasteiger charge is 2.08. The van der Waals surface area contributed by atoms with Crippen LogP contribution in [0, 0.1) is 6.92 Å². The third-order valence-corrected chi connectivity index (χ3v) is 2.08. The third-order valence-electron chi connectivity index (χ3n) is 2.08. The van der Waals surface area contributed by atoms with Crippen molar-refractivity contribution in [2.75, 3.05) is 0 Å². The predicted octanol–water partition coefficient (Wildman–Crippen LogP) is 2.11. The van der Waals surface area contributed by atoms with E-state index in [-0.39, 0.29) is 12.1 Å². The first kappa shape index (κ1) is 10.1. The zero-order valence-electron chi connectivity index (χ0n) is 8.45. The summed E-state index contributed by atoms with van der Waals surface area (Å²) in [5.74, 6) is 0.885. The molecule has 0 radical (unpaired) electrons. The summed E-state index contributed by atoms with van der Waals surface area (Å²) in [4.78, 5) is 0. The van der Waals surface area contributed by atoms with E-state index in [2.05, 4.69) is 6.92 Å². The van der Waals surface area contributed by atoms with Crippen LogP contribution in [0.5, 0.6) is 5.75 Å². The summed E-state index contributed by atoms with van der Waals surface area (Å²) >= 11 is 0. The first-order chi connectivity index (χ1) is 6.09. The van der Waals surface area contributed by atoms with E-state index >= 15 is 0 Å². The molecule has 0 saturated heterocycles. The summed E-state index contributed by atoms with van der Waals surface area (Å²) in [6.45, 7) is 5.97. The largest absolute Gasteiger partial charge is 0.489 e. The lowest BCUT2D eigenvalue weighted by Gasteiger charge is -2.17. The van der Waals surface area contributed by atoms with E-state index in [1.54, 1.807) is 0 Å². The molecule has 1 aromatic rings. The van der Waals surface area contributed by atoms with Crippen LogP contribution in [-0.4, -0.2) is 12.1 Å². The van der Waals surface area contributed by atoms with E-state index in [1.807, 2.05) is 38.1 Å². The fourth-order valence-corrected chi connectivity index (χ4v) is 0.939. The van der Waals surface area contributed by atoms with Gasteiger partial charge in [-0.3, -0.25) is 0 Å². The standard InChI is InChI=1S/C11H17NO/c1-8-4-6-11(7-5-8)13-10(3)9(2)12/h4-7,9-10H,12H2,1-3H3/t9-,10?/m0/s1. The number of hydrogen-bond acceptors (Lipinski definition) is 2. The van der Waals surface area contributed by atoms with E-state index in [0.29, 0.717) is 0 Å². The zero-order chi connectivity index (χ0) is 9.84. The molecular formula is C11H17NO. The van der Waals surface area contributed by atoms with E-state index in [4.69, 9.17) is 10.5 Å². The zero-order valence-corrected chi connectivity index (χ0v) is 8.45. The van der Waals surface area contributed by atoms with Crippen molar-refractivity contribution in [3.63, 3.8) is 0 Å². The number of hydrogen-bond donors (Lipinski definition) is 1. The van der Waals surface area contributed by atoms with Gasteiger partial charge in [-0.05, 0) is 32.9 Å². The summed E-state index contributed by atoms with van der Waals surface area (Å²) < 4.78 is 5.61. The number of rotatable bonds is 3. The van der Waals surface area contributed by atoms with Crippen molar-refractivity contribution in [2.24, 2.45) is 5.73 Å². The molecule has 1 aromatic carbocycles. The number of nitrogens with two attached hydrogens (primary N) is 1. The Morgan fingerprint density at radius 1 is 1.15 bits per heavy atom. The Bertz CT molecular complexity index is 253. The summed E-state index contributed by atoms with van der Waals surface area (Å²) in [6.07, 6.45) is 0.0581. The second-order valence-corrected chi connectivity index (χ2v) is 3.50. The first-order valence-corrected chi connectivity index (χ1v) is 4.58. The van der Waals surface area contributed by atoms with Crippen LogP contribution in [0.1, 0.15) is 19.4 Å². The molecule has 0 spiro atoms. The molecule has 2 atom stereocenters. The summed E-state index contributed by atoms with van der Waals surface area (Å²) in [6, 6.07) is 8.05. The lowest BCUT2D eigenvalue weighted by molar-refractivity contribution is 0.196. The van der Waals surface area contributed by atoms with Gasteiger partial charge >= 0.3 is 0 Å². The molecule has 2 nitrogen and oxygen atoms in total. The number of benzene rings is 1. The Morgan fingerprint density at radius 2 is 1.69 bits per heavy atom. The van der Waals surface area contributed by atoms with Gasteiger partial charge in [-0.25, -0.2) is 0 Å². The summed E-state index contributed by atoms with van der Waals surface area (Å²) in [5, 5.41) is 0. The van der Waals surface area contributed by atoms with Gasteiger partial charge in [0.1, 0.15) is 11.9 Å². The van der Waals surface area contributed by atoms with Crippen LogP contribution < -0.4 is 10.5 Å². The minimum Gasteiger partial charge on any atom is -0.489 e. The fraction of sp³-hybridized carbons (Fsp3) is 0.455. The van der Waals surface area contributed by atoms with Crippen molar-refractivity contribution in [3.8, 4) is 5.75 Å². The topological polar surface area (TPSA) is 35.2 Å². The molecule has 1 unspecified atom stereocenters. The average Bonchev–Trinajstić information content (AvgIpc) is 2.08. The van der Waals surface area contributed by atoms with E-state index < -0.39 is 0 Å². The predicted molar refractivity (Wildman–Crippen MR) is 54.9 cm³/mol. The Kier molecular flexibility index (Phi) is 3.32. The third kappa shape index (κ3) is 3.07. The van der Waals surface area contributed by atoms with Crippen molar-refractivity contribution < 1.29 is 4.74 Å². The molecule has 72 valence electrons. The highest BCUT2D eigenvalue weighted by molar-refractivity contribution is 5.26. The smallest absolute Gasteiger partial charge is 0.119 e. The van der Waals surface area contributed by atoms with Crippen LogP contribution in [-0.2, 0) is 0 Å². The molecule has 0 aromatic heterocycles. The second-order valence-electron chi connectivity index (χ2n) is 3.50. The Balaban J connectivity index is 2.59. The van der Waals surface area contributed by atoms with Crippen molar-refractivity contribution in [3.05, 3.63) is 29.8 Å². The molecular weight excluding hydrogens is 162 g/mol. The molecule has 0 heterocycles. The number of aryl methyl sites for hydroxylation is 1. The van der Waals surface area contributed by atoms with Gasteiger partial charge in [0.15, 0.2) is 0 Å². The van der Waals surface area contributed by atoms with Crippen LogP contribution in [0.3, 0.4) is 0 Å². The fourth-order valence-electron chi connectivity index (χ4n) is 0.939. The molecule has 0 saturated carbocycles. The van der Waals surface area contributed by atoms with E-state index in [0.717, 1.165) is 5.75 Å². The normalized spacial score (nSPS) is 15.1. The highest BCUT2D eigenvalue weighted by Crippen LogP contribution is 2.13. The van der Waals surface area contributed by atoms with Crippen LogP contribution in [0.15, 0.2) is 24.3 Å². The van der Waals surface area contributed by atoms with E-state index in [1.165, 1.54) is 5.56 Å². The van der Waals surface area contributed by atoms with Gasteiger partial charge in [0.05, 0.1) is 0 Å². The van der Waals surface area contributed by atoms with Crippen LogP contribution >= 0.6 is 0 Å². The lowest BCUT2D eigenvalue weighted by Crippen LogP contribution is -2.33. The average molecular weight is 179 g/mol. The quantitative estimate of drug-likeness (QED) is 0.771. The molecule has 2 heteroatoms. The Morgan fingerprint density at radius 3 is 2.15 bits per heavy atom. The van der Waals surface area contributed by atoms with Gasteiger partial charge in [-0.15, -0.1) is 0 Å². The maximum Gasteiger partial charge on any atom is 0.119 e. The minimum atomic E-state index is 0.0568. The molecule has 0 aliphatic rings. The molecule has 0 aliphatic carbocycles. The molecule has 0 amide bonds. The second kappa shape index (κ2) is 4.28. The maximum atomic E-state index is 5.69. The molecule has 0 bridgehead atoms. The van der Waals surface area contributed by atoms with Crippen LogP contribution in [0.2, 0.25) is 0 Å². The van der Waals surface area contributed by atoms with Crippen LogP contribution in [0.25, 0.3) is 0 Å². The molecule has 1 rings (SSSR count). The van der Waals surface area contributed by atoms with Gasteiger partial charge in [-0.1, -0.05) is 17.7 Å². The lowest BCUT2D eigenvalue weighted by atomic mass is 10.2. The van der Waals surface area contributed by atoms with Gasteiger partial charge < -0.3 is 10.5 Å². The van der Waals surface area contributed by atoms with Crippen molar-refractivity contribution >= 4 is 0 Å².